The molecule has 1 fully saturated rings. The van der Waals surface area contributed by atoms with Gasteiger partial charge in [-0.1, -0.05) is 13.0 Å². The van der Waals surface area contributed by atoms with Crippen molar-refractivity contribution in [3.8, 4) is 5.69 Å². The standard InChI is InChI=1S/C18H24FN5/c1-13-5-8-23(9-6-13)18(20)22-12-15-3-4-17(16(19)11-15)24-10-7-21-14(24)2/h3-4,7,10-11,13H,5-6,8-9,12H2,1-2H3,(H2,20,22). The summed E-state index contributed by atoms with van der Waals surface area (Å²) in [5, 5.41) is 0. The molecule has 1 aliphatic rings. The number of guanidine groups is 1. The third-order valence-electron chi connectivity index (χ3n) is 4.63. The maximum absolute atomic E-state index is 14.4. The molecular formula is C18H24FN5. The van der Waals surface area contributed by atoms with Crippen LogP contribution in [-0.4, -0.2) is 33.5 Å². The molecule has 1 aromatic heterocycles. The van der Waals surface area contributed by atoms with Crippen LogP contribution in [0.5, 0.6) is 0 Å². The van der Waals surface area contributed by atoms with Gasteiger partial charge in [0.2, 0.25) is 0 Å². The van der Waals surface area contributed by atoms with Gasteiger partial charge in [-0.15, -0.1) is 0 Å². The van der Waals surface area contributed by atoms with E-state index in [0.29, 0.717) is 18.2 Å². The Kier molecular flexibility index (Phi) is 4.83. The molecular weight excluding hydrogens is 305 g/mol. The van der Waals surface area contributed by atoms with E-state index in [1.807, 2.05) is 13.0 Å². The lowest BCUT2D eigenvalue weighted by molar-refractivity contribution is 0.277. The fraction of sp³-hybridized carbons (Fsp3) is 0.444. The first-order valence-corrected chi connectivity index (χ1v) is 8.38. The van der Waals surface area contributed by atoms with E-state index in [1.54, 1.807) is 23.0 Å². The van der Waals surface area contributed by atoms with Crippen molar-refractivity contribution in [1.29, 1.82) is 0 Å². The molecule has 0 radical (unpaired) electrons. The van der Waals surface area contributed by atoms with Gasteiger partial charge in [-0.25, -0.2) is 14.4 Å². The van der Waals surface area contributed by atoms with Crippen LogP contribution in [0.2, 0.25) is 0 Å². The minimum atomic E-state index is -0.283. The van der Waals surface area contributed by atoms with E-state index in [-0.39, 0.29) is 5.82 Å². The maximum Gasteiger partial charge on any atom is 0.191 e. The average molecular weight is 329 g/mol. The summed E-state index contributed by atoms with van der Waals surface area (Å²) in [7, 11) is 0. The van der Waals surface area contributed by atoms with Crippen LogP contribution in [0.15, 0.2) is 35.6 Å². The van der Waals surface area contributed by atoms with Crippen molar-refractivity contribution in [1.82, 2.24) is 14.5 Å². The Hall–Kier alpha value is -2.37. The molecule has 0 saturated carbocycles. The van der Waals surface area contributed by atoms with Gasteiger partial charge in [0.05, 0.1) is 12.2 Å². The number of likely N-dealkylation sites (tertiary alicyclic amines) is 1. The Morgan fingerprint density at radius 1 is 1.38 bits per heavy atom. The van der Waals surface area contributed by atoms with Crippen LogP contribution in [0.25, 0.3) is 5.69 Å². The number of nitrogens with two attached hydrogens (primary N) is 1. The van der Waals surface area contributed by atoms with Crippen LogP contribution in [0.3, 0.4) is 0 Å². The lowest BCUT2D eigenvalue weighted by Crippen LogP contribution is -2.42. The van der Waals surface area contributed by atoms with Crippen molar-refractivity contribution in [2.75, 3.05) is 13.1 Å². The van der Waals surface area contributed by atoms with Crippen molar-refractivity contribution >= 4 is 5.96 Å². The van der Waals surface area contributed by atoms with Crippen LogP contribution in [0.4, 0.5) is 4.39 Å². The number of halogens is 1. The van der Waals surface area contributed by atoms with Gasteiger partial charge in [-0.05, 0) is 43.4 Å². The van der Waals surface area contributed by atoms with E-state index in [9.17, 15) is 4.39 Å². The summed E-state index contributed by atoms with van der Waals surface area (Å²) < 4.78 is 16.1. The molecule has 24 heavy (non-hydrogen) atoms. The largest absolute Gasteiger partial charge is 0.370 e. The number of piperidine rings is 1. The van der Waals surface area contributed by atoms with E-state index < -0.39 is 0 Å². The molecule has 1 aliphatic heterocycles. The van der Waals surface area contributed by atoms with E-state index in [0.717, 1.165) is 43.2 Å². The molecule has 2 heterocycles. The van der Waals surface area contributed by atoms with Crippen LogP contribution < -0.4 is 5.73 Å². The molecule has 0 amide bonds. The number of nitrogens with zero attached hydrogens (tertiary/aromatic N) is 4. The quantitative estimate of drug-likeness (QED) is 0.696. The zero-order valence-electron chi connectivity index (χ0n) is 14.2. The van der Waals surface area contributed by atoms with Crippen LogP contribution in [-0.2, 0) is 6.54 Å². The second-order valence-corrected chi connectivity index (χ2v) is 6.47. The summed E-state index contributed by atoms with van der Waals surface area (Å²) in [5.41, 5.74) is 7.38. The summed E-state index contributed by atoms with van der Waals surface area (Å²) in [6.07, 6.45) is 5.70. The average Bonchev–Trinajstić information content (AvgIpc) is 2.99. The minimum Gasteiger partial charge on any atom is -0.370 e. The number of rotatable bonds is 3. The summed E-state index contributed by atoms with van der Waals surface area (Å²) in [6.45, 7) is 6.39. The fourth-order valence-electron chi connectivity index (χ4n) is 2.99. The molecule has 1 aromatic carbocycles. The van der Waals surface area contributed by atoms with E-state index in [4.69, 9.17) is 5.73 Å². The van der Waals surface area contributed by atoms with Crippen molar-refractivity contribution in [2.45, 2.75) is 33.2 Å². The van der Waals surface area contributed by atoms with E-state index in [1.165, 1.54) is 6.07 Å². The predicted octanol–water partition coefficient (Wildman–Crippen LogP) is 2.87. The highest BCUT2D eigenvalue weighted by Gasteiger charge is 2.17. The fourth-order valence-corrected chi connectivity index (χ4v) is 2.99. The van der Waals surface area contributed by atoms with Gasteiger partial charge >= 0.3 is 0 Å². The Labute approximate surface area is 142 Å². The Bertz CT molecular complexity index is 729. The van der Waals surface area contributed by atoms with Crippen molar-refractivity contribution in [3.63, 3.8) is 0 Å². The normalized spacial score (nSPS) is 16.6. The smallest absolute Gasteiger partial charge is 0.191 e. The number of aryl methyl sites for hydroxylation is 1. The number of hydrogen-bond donors (Lipinski definition) is 1. The molecule has 0 aliphatic carbocycles. The SMILES string of the molecule is Cc1nccn1-c1ccc(CN=C(N)N2CCC(C)CC2)cc1F. The topological polar surface area (TPSA) is 59.4 Å². The lowest BCUT2D eigenvalue weighted by Gasteiger charge is -2.31. The number of aromatic nitrogens is 2. The van der Waals surface area contributed by atoms with Gasteiger partial charge < -0.3 is 15.2 Å². The van der Waals surface area contributed by atoms with Gasteiger partial charge in [-0.2, -0.15) is 0 Å². The summed E-state index contributed by atoms with van der Waals surface area (Å²) in [5.74, 6) is 1.77. The summed E-state index contributed by atoms with van der Waals surface area (Å²) in [4.78, 5) is 10.7. The van der Waals surface area contributed by atoms with Gasteiger partial charge in [-0.3, -0.25) is 0 Å². The first-order chi connectivity index (χ1) is 11.5. The van der Waals surface area contributed by atoms with Crippen LogP contribution in [0, 0.1) is 18.7 Å². The van der Waals surface area contributed by atoms with Crippen molar-refractivity contribution < 1.29 is 4.39 Å². The highest BCUT2D eigenvalue weighted by molar-refractivity contribution is 5.78. The summed E-state index contributed by atoms with van der Waals surface area (Å²) in [6, 6.07) is 5.16. The number of benzene rings is 1. The van der Waals surface area contributed by atoms with Crippen LogP contribution in [0.1, 0.15) is 31.2 Å². The Balaban J connectivity index is 1.69. The summed E-state index contributed by atoms with van der Waals surface area (Å²) >= 11 is 0. The van der Waals surface area contributed by atoms with Crippen molar-refractivity contribution in [3.05, 3.63) is 47.8 Å². The van der Waals surface area contributed by atoms with Gasteiger partial charge in [0.25, 0.3) is 0 Å². The molecule has 0 bridgehead atoms. The third-order valence-corrected chi connectivity index (χ3v) is 4.63. The Morgan fingerprint density at radius 3 is 2.75 bits per heavy atom. The van der Waals surface area contributed by atoms with Gasteiger partial charge in [0.1, 0.15) is 11.6 Å². The van der Waals surface area contributed by atoms with E-state index in [2.05, 4.69) is 21.8 Å². The maximum atomic E-state index is 14.4. The number of imidazole rings is 1. The van der Waals surface area contributed by atoms with Crippen LogP contribution >= 0.6 is 0 Å². The second kappa shape index (κ2) is 7.03. The molecule has 128 valence electrons. The monoisotopic (exact) mass is 329 g/mol. The number of hydrogen-bond acceptors (Lipinski definition) is 2. The van der Waals surface area contributed by atoms with E-state index >= 15 is 0 Å². The van der Waals surface area contributed by atoms with Gasteiger partial charge in [0.15, 0.2) is 5.96 Å². The molecule has 2 N–H and O–H groups in total. The third kappa shape index (κ3) is 3.58. The number of aliphatic imine (C=N–C) groups is 1. The zero-order valence-corrected chi connectivity index (χ0v) is 14.2. The molecule has 0 atom stereocenters. The molecule has 3 rings (SSSR count). The Morgan fingerprint density at radius 2 is 2.12 bits per heavy atom. The lowest BCUT2D eigenvalue weighted by atomic mass is 10.00. The molecule has 1 saturated heterocycles. The molecule has 6 heteroatoms. The minimum absolute atomic E-state index is 0.283. The highest BCUT2D eigenvalue weighted by atomic mass is 19.1. The highest BCUT2D eigenvalue weighted by Crippen LogP contribution is 2.18. The first-order valence-electron chi connectivity index (χ1n) is 8.38. The molecule has 5 nitrogen and oxygen atoms in total. The van der Waals surface area contributed by atoms with Gasteiger partial charge in [0, 0.05) is 25.5 Å². The first kappa shape index (κ1) is 16.5. The second-order valence-electron chi connectivity index (χ2n) is 6.47. The molecule has 2 aromatic rings. The molecule has 0 spiro atoms. The van der Waals surface area contributed by atoms with Crippen molar-refractivity contribution in [2.24, 2.45) is 16.6 Å². The molecule has 0 unspecified atom stereocenters. The zero-order chi connectivity index (χ0) is 17.1. The predicted molar refractivity (Wildman–Crippen MR) is 93.6 cm³/mol.